The summed E-state index contributed by atoms with van der Waals surface area (Å²) in [6, 6.07) is 0. The molecule has 0 radical (unpaired) electrons. The second-order valence-corrected chi connectivity index (χ2v) is 7.75. The monoisotopic (exact) mass is 328 g/mol. The van der Waals surface area contributed by atoms with Gasteiger partial charge in [0.05, 0.1) is 10.8 Å². The van der Waals surface area contributed by atoms with Gasteiger partial charge in [0, 0.05) is 0 Å². The predicted octanol–water partition coefficient (Wildman–Crippen LogP) is 1.14. The van der Waals surface area contributed by atoms with Gasteiger partial charge in [-0.25, -0.2) is 0 Å². The van der Waals surface area contributed by atoms with Crippen molar-refractivity contribution in [3.63, 3.8) is 0 Å². The average molecular weight is 328 g/mol. The van der Waals surface area contributed by atoms with Gasteiger partial charge >= 0.3 is 23.9 Å². The minimum absolute atomic E-state index is 0.215. The molecule has 2 fully saturated rings. The fraction of sp³-hybridized carbons (Fsp3) is 0.733. The molecule has 8 heteroatoms. The van der Waals surface area contributed by atoms with Gasteiger partial charge in [0.25, 0.3) is 0 Å². The Morgan fingerprint density at radius 1 is 0.696 bits per heavy atom. The summed E-state index contributed by atoms with van der Waals surface area (Å²) in [5, 5.41) is 39.0. The van der Waals surface area contributed by atoms with Crippen molar-refractivity contribution < 1.29 is 39.6 Å². The van der Waals surface area contributed by atoms with E-state index in [-0.39, 0.29) is 12.8 Å². The SMILES string of the molecule is CC1(C)CC2(C(=O)O)CC1(C)C(C)(C(=O)O)C2(C(=O)O)C(=O)O. The summed E-state index contributed by atoms with van der Waals surface area (Å²) in [6.07, 6.45) is -0.531. The Morgan fingerprint density at radius 2 is 1.13 bits per heavy atom. The van der Waals surface area contributed by atoms with E-state index in [1.807, 2.05) is 0 Å². The number of fused-ring (bicyclic) bond motifs is 2. The van der Waals surface area contributed by atoms with E-state index >= 15 is 0 Å². The van der Waals surface area contributed by atoms with Crippen molar-refractivity contribution in [2.45, 2.75) is 40.5 Å². The largest absolute Gasteiger partial charge is 0.481 e. The fourth-order valence-corrected chi connectivity index (χ4v) is 5.50. The van der Waals surface area contributed by atoms with Crippen LogP contribution in [0.3, 0.4) is 0 Å². The van der Waals surface area contributed by atoms with Gasteiger partial charge in [0.1, 0.15) is 0 Å². The van der Waals surface area contributed by atoms with Crippen LogP contribution in [0, 0.1) is 27.1 Å². The molecule has 0 aromatic heterocycles. The van der Waals surface area contributed by atoms with Gasteiger partial charge in [-0.2, -0.15) is 0 Å². The molecule has 0 amide bonds. The molecule has 128 valence electrons. The molecule has 8 nitrogen and oxygen atoms in total. The second-order valence-electron chi connectivity index (χ2n) is 7.75. The third-order valence-corrected chi connectivity index (χ3v) is 6.94. The Morgan fingerprint density at radius 3 is 1.43 bits per heavy atom. The van der Waals surface area contributed by atoms with E-state index in [1.54, 1.807) is 13.8 Å². The highest BCUT2D eigenvalue weighted by Crippen LogP contribution is 2.83. The molecule has 23 heavy (non-hydrogen) atoms. The molecule has 2 bridgehead atoms. The Labute approximate surface area is 132 Å². The van der Waals surface area contributed by atoms with E-state index in [9.17, 15) is 39.6 Å². The quantitative estimate of drug-likeness (QED) is 0.561. The molecule has 0 heterocycles. The first kappa shape index (κ1) is 17.2. The molecule has 4 N–H and O–H groups in total. The van der Waals surface area contributed by atoms with Crippen molar-refractivity contribution in [3.05, 3.63) is 0 Å². The zero-order valence-corrected chi connectivity index (χ0v) is 13.3. The lowest BCUT2D eigenvalue weighted by molar-refractivity contribution is -0.217. The topological polar surface area (TPSA) is 149 Å². The van der Waals surface area contributed by atoms with Gasteiger partial charge < -0.3 is 20.4 Å². The van der Waals surface area contributed by atoms with Crippen molar-refractivity contribution in [1.82, 2.24) is 0 Å². The van der Waals surface area contributed by atoms with Gasteiger partial charge in [-0.15, -0.1) is 0 Å². The highest BCUT2D eigenvalue weighted by atomic mass is 16.4. The van der Waals surface area contributed by atoms with Crippen molar-refractivity contribution in [2.24, 2.45) is 27.1 Å². The first-order valence-electron chi connectivity index (χ1n) is 7.13. The lowest BCUT2D eigenvalue weighted by atomic mass is 9.42. The summed E-state index contributed by atoms with van der Waals surface area (Å²) in [6.45, 7) is 5.86. The van der Waals surface area contributed by atoms with Crippen molar-refractivity contribution in [1.29, 1.82) is 0 Å². The van der Waals surface area contributed by atoms with Crippen LogP contribution in [0.25, 0.3) is 0 Å². The zero-order valence-electron chi connectivity index (χ0n) is 13.3. The fourth-order valence-electron chi connectivity index (χ4n) is 5.50. The number of aliphatic carboxylic acids is 4. The molecule has 0 spiro atoms. The number of hydrogen-bond donors (Lipinski definition) is 4. The second kappa shape index (κ2) is 4.04. The van der Waals surface area contributed by atoms with Gasteiger partial charge in [-0.05, 0) is 30.6 Å². The van der Waals surface area contributed by atoms with Crippen LogP contribution in [-0.4, -0.2) is 44.3 Å². The number of carboxylic acid groups (broad SMARTS) is 4. The van der Waals surface area contributed by atoms with E-state index in [2.05, 4.69) is 0 Å². The van der Waals surface area contributed by atoms with Crippen LogP contribution in [0.1, 0.15) is 40.5 Å². The Hall–Kier alpha value is -2.12. The molecular formula is C15H20O8. The van der Waals surface area contributed by atoms with Crippen LogP contribution in [0.2, 0.25) is 0 Å². The first-order chi connectivity index (χ1) is 10.2. The molecule has 3 atom stereocenters. The maximum atomic E-state index is 12.1. The predicted molar refractivity (Wildman–Crippen MR) is 74.6 cm³/mol. The Kier molecular flexibility index (Phi) is 3.03. The third kappa shape index (κ3) is 1.30. The Balaban J connectivity index is 3.06. The van der Waals surface area contributed by atoms with Gasteiger partial charge in [0.2, 0.25) is 0 Å². The normalized spacial score (nSPS) is 39.8. The summed E-state index contributed by atoms with van der Waals surface area (Å²) >= 11 is 0. The molecule has 0 aliphatic heterocycles. The molecule has 0 aromatic carbocycles. The number of carbonyl (C=O) groups is 4. The third-order valence-electron chi connectivity index (χ3n) is 6.94. The highest BCUT2D eigenvalue weighted by Gasteiger charge is 2.92. The summed E-state index contributed by atoms with van der Waals surface area (Å²) in [7, 11) is 0. The van der Waals surface area contributed by atoms with E-state index in [0.29, 0.717) is 0 Å². The van der Waals surface area contributed by atoms with E-state index < -0.39 is 51.0 Å². The summed E-state index contributed by atoms with van der Waals surface area (Å²) in [5.41, 5.74) is -9.58. The van der Waals surface area contributed by atoms with E-state index in [0.717, 1.165) is 6.92 Å². The summed E-state index contributed by atoms with van der Waals surface area (Å²) in [4.78, 5) is 48.2. The molecule has 2 aliphatic carbocycles. The van der Waals surface area contributed by atoms with Gasteiger partial charge in [-0.3, -0.25) is 19.2 Å². The molecular weight excluding hydrogens is 308 g/mol. The van der Waals surface area contributed by atoms with E-state index in [4.69, 9.17) is 0 Å². The maximum absolute atomic E-state index is 12.1. The van der Waals surface area contributed by atoms with Crippen LogP contribution in [0.5, 0.6) is 0 Å². The van der Waals surface area contributed by atoms with Crippen molar-refractivity contribution in [2.75, 3.05) is 0 Å². The first-order valence-corrected chi connectivity index (χ1v) is 7.13. The van der Waals surface area contributed by atoms with Crippen LogP contribution in [-0.2, 0) is 19.2 Å². The van der Waals surface area contributed by atoms with Crippen LogP contribution < -0.4 is 0 Å². The van der Waals surface area contributed by atoms with Crippen molar-refractivity contribution in [3.8, 4) is 0 Å². The molecule has 2 rings (SSSR count). The number of rotatable bonds is 4. The van der Waals surface area contributed by atoms with Crippen molar-refractivity contribution >= 4 is 23.9 Å². The van der Waals surface area contributed by atoms with Crippen LogP contribution in [0.4, 0.5) is 0 Å². The van der Waals surface area contributed by atoms with Gasteiger partial charge in [-0.1, -0.05) is 20.8 Å². The number of carboxylic acids is 4. The lowest BCUT2D eigenvalue weighted by Crippen LogP contribution is -2.69. The molecule has 2 saturated carbocycles. The minimum atomic E-state index is -2.94. The van der Waals surface area contributed by atoms with Gasteiger partial charge in [0.15, 0.2) is 5.41 Å². The zero-order chi connectivity index (χ0) is 18.2. The Bertz CT molecular complexity index is 636. The van der Waals surface area contributed by atoms with Crippen LogP contribution in [0.15, 0.2) is 0 Å². The molecule has 0 aromatic rings. The molecule has 0 saturated heterocycles. The standard InChI is InChI=1S/C15H20O8/c1-11(2)5-14(8(18)19)6-12(11,3)13(4,7(16)17)15(14,9(20)21)10(22)23/h5-6H2,1-4H3,(H,16,17)(H,18,19)(H,20,21)(H,22,23). The van der Waals surface area contributed by atoms with Crippen LogP contribution >= 0.6 is 0 Å². The summed E-state index contributed by atoms with van der Waals surface area (Å²) in [5.74, 6) is -7.03. The minimum Gasteiger partial charge on any atom is -0.481 e. The average Bonchev–Trinajstić information content (AvgIpc) is 2.68. The molecule has 3 unspecified atom stereocenters. The molecule has 2 aliphatic rings. The summed E-state index contributed by atoms with van der Waals surface area (Å²) < 4.78 is 0. The number of hydrogen-bond acceptors (Lipinski definition) is 4. The smallest absolute Gasteiger partial charge is 0.323 e. The highest BCUT2D eigenvalue weighted by molar-refractivity contribution is 6.10. The maximum Gasteiger partial charge on any atom is 0.323 e. The van der Waals surface area contributed by atoms with E-state index in [1.165, 1.54) is 6.92 Å². The lowest BCUT2D eigenvalue weighted by Gasteiger charge is -2.56.